The van der Waals surface area contributed by atoms with Crippen molar-refractivity contribution in [1.29, 1.82) is 0 Å². The van der Waals surface area contributed by atoms with E-state index < -0.39 is 24.8 Å². The molecule has 0 radical (unpaired) electrons. The Bertz CT molecular complexity index is 726. The number of rotatable bonds is 8. The number of nitrogens with zero attached hydrogens (tertiary/aromatic N) is 2. The Hall–Kier alpha value is -2.14. The van der Waals surface area contributed by atoms with E-state index in [9.17, 15) is 23.1 Å². The van der Waals surface area contributed by atoms with Crippen molar-refractivity contribution in [2.45, 2.75) is 69.3 Å². The van der Waals surface area contributed by atoms with Crippen LogP contribution in [0.15, 0.2) is 6.20 Å². The quantitative estimate of drug-likeness (QED) is 0.499. The molecule has 1 aromatic heterocycles. The number of nitrogens with one attached hydrogen (secondary N) is 2. The highest BCUT2D eigenvalue weighted by molar-refractivity contribution is 5.97. The van der Waals surface area contributed by atoms with E-state index in [-0.39, 0.29) is 30.2 Å². The smallest absolute Gasteiger partial charge is 0.396 e. The largest absolute Gasteiger partial charge is 0.411 e. The zero-order chi connectivity index (χ0) is 21.7. The predicted octanol–water partition coefficient (Wildman–Crippen LogP) is 2.45. The standard InChI is InChI=1S/C19H28F3N5O3/c20-19(21,22)10-30-13-6-4-12(5-7-13)25-18-24-8-14(16(23)29)17(27-18)26-15-3-1-2-11(15)9-28/h8,11-13,15,28H,1-7,9-10H2,(H2,23,29)(H2,24,25,26,27)/t11-,12?,13?,15-/m1/s1. The van der Waals surface area contributed by atoms with Gasteiger partial charge in [0.15, 0.2) is 0 Å². The average Bonchev–Trinajstić information content (AvgIpc) is 3.14. The van der Waals surface area contributed by atoms with Gasteiger partial charge in [0, 0.05) is 30.8 Å². The number of amides is 1. The molecule has 1 amide bonds. The number of aromatic nitrogens is 2. The van der Waals surface area contributed by atoms with Crippen molar-refractivity contribution in [3.05, 3.63) is 11.8 Å². The van der Waals surface area contributed by atoms with Gasteiger partial charge in [-0.1, -0.05) is 6.42 Å². The molecule has 2 aliphatic carbocycles. The highest BCUT2D eigenvalue weighted by Crippen LogP contribution is 2.30. The Balaban J connectivity index is 1.59. The summed E-state index contributed by atoms with van der Waals surface area (Å²) in [7, 11) is 0. The summed E-state index contributed by atoms with van der Waals surface area (Å²) in [5.41, 5.74) is 5.62. The van der Waals surface area contributed by atoms with Gasteiger partial charge in [-0.2, -0.15) is 18.2 Å². The Labute approximate surface area is 172 Å². The number of hydrogen-bond acceptors (Lipinski definition) is 7. The molecular weight excluding hydrogens is 403 g/mol. The zero-order valence-corrected chi connectivity index (χ0v) is 16.6. The minimum absolute atomic E-state index is 0.000291. The fourth-order valence-electron chi connectivity index (χ4n) is 4.13. The SMILES string of the molecule is NC(=O)c1cnc(NC2CCC(OCC(F)(F)F)CC2)nc1N[C@@H]1CCC[C@@H]1CO. The van der Waals surface area contributed by atoms with Crippen molar-refractivity contribution in [2.75, 3.05) is 23.8 Å². The first-order chi connectivity index (χ1) is 14.2. The van der Waals surface area contributed by atoms with Crippen molar-refractivity contribution in [2.24, 2.45) is 11.7 Å². The van der Waals surface area contributed by atoms with E-state index in [0.29, 0.717) is 37.4 Å². The lowest BCUT2D eigenvalue weighted by Gasteiger charge is -2.29. The third-order valence-electron chi connectivity index (χ3n) is 5.76. The van der Waals surface area contributed by atoms with Gasteiger partial charge in [-0.25, -0.2) is 4.98 Å². The number of carbonyl (C=O) groups excluding carboxylic acids is 1. The van der Waals surface area contributed by atoms with Crippen molar-refractivity contribution < 1.29 is 27.8 Å². The molecule has 5 N–H and O–H groups in total. The molecule has 168 valence electrons. The van der Waals surface area contributed by atoms with Gasteiger partial charge in [0.25, 0.3) is 5.91 Å². The van der Waals surface area contributed by atoms with E-state index in [4.69, 9.17) is 10.5 Å². The highest BCUT2D eigenvalue weighted by atomic mass is 19.4. The van der Waals surface area contributed by atoms with Crippen LogP contribution in [-0.2, 0) is 4.74 Å². The Kier molecular flexibility index (Phi) is 7.35. The molecule has 0 unspecified atom stereocenters. The van der Waals surface area contributed by atoms with Gasteiger partial charge < -0.3 is 26.2 Å². The normalized spacial score (nSPS) is 27.1. The molecule has 1 heterocycles. The molecule has 0 spiro atoms. The Morgan fingerprint density at radius 3 is 2.57 bits per heavy atom. The number of carbonyl (C=O) groups is 1. The zero-order valence-electron chi connectivity index (χ0n) is 16.6. The van der Waals surface area contributed by atoms with Crippen LogP contribution in [0.3, 0.4) is 0 Å². The second-order valence-corrected chi connectivity index (χ2v) is 7.99. The van der Waals surface area contributed by atoms with E-state index >= 15 is 0 Å². The first kappa shape index (κ1) is 22.5. The van der Waals surface area contributed by atoms with Crippen molar-refractivity contribution in [3.8, 4) is 0 Å². The van der Waals surface area contributed by atoms with E-state index in [1.165, 1.54) is 6.20 Å². The molecule has 0 aromatic carbocycles. The predicted molar refractivity (Wildman–Crippen MR) is 104 cm³/mol. The molecule has 3 rings (SSSR count). The minimum atomic E-state index is -4.32. The Morgan fingerprint density at radius 1 is 1.20 bits per heavy atom. The van der Waals surface area contributed by atoms with Crippen molar-refractivity contribution in [1.82, 2.24) is 9.97 Å². The van der Waals surface area contributed by atoms with Gasteiger partial charge in [-0.3, -0.25) is 4.79 Å². The lowest BCUT2D eigenvalue weighted by Crippen LogP contribution is -2.33. The molecule has 11 heteroatoms. The molecular formula is C19H28F3N5O3. The van der Waals surface area contributed by atoms with Crippen LogP contribution >= 0.6 is 0 Å². The third-order valence-corrected chi connectivity index (χ3v) is 5.76. The number of anilines is 2. The molecule has 8 nitrogen and oxygen atoms in total. The lowest BCUT2D eigenvalue weighted by molar-refractivity contribution is -0.187. The molecule has 2 aliphatic rings. The first-order valence-electron chi connectivity index (χ1n) is 10.2. The summed E-state index contributed by atoms with van der Waals surface area (Å²) in [6.07, 6.45) is 1.65. The second kappa shape index (κ2) is 9.78. The number of hydrogen-bond donors (Lipinski definition) is 4. The number of aliphatic hydroxyl groups is 1. The first-order valence-corrected chi connectivity index (χ1v) is 10.2. The molecule has 2 saturated carbocycles. The van der Waals surface area contributed by atoms with Gasteiger partial charge >= 0.3 is 6.18 Å². The van der Waals surface area contributed by atoms with E-state index in [2.05, 4.69) is 20.6 Å². The van der Waals surface area contributed by atoms with Crippen LogP contribution in [-0.4, -0.2) is 58.6 Å². The summed E-state index contributed by atoms with van der Waals surface area (Å²) < 4.78 is 41.8. The summed E-state index contributed by atoms with van der Waals surface area (Å²) in [6, 6.07) is -0.00300. The van der Waals surface area contributed by atoms with Gasteiger partial charge in [-0.15, -0.1) is 0 Å². The molecule has 1 aromatic rings. The molecule has 0 aliphatic heterocycles. The van der Waals surface area contributed by atoms with Crippen LogP contribution in [0, 0.1) is 5.92 Å². The van der Waals surface area contributed by atoms with Crippen molar-refractivity contribution >= 4 is 17.7 Å². The number of halogens is 3. The second-order valence-electron chi connectivity index (χ2n) is 7.99. The fraction of sp³-hybridized carbons (Fsp3) is 0.737. The average molecular weight is 431 g/mol. The molecule has 0 bridgehead atoms. The maximum Gasteiger partial charge on any atom is 0.411 e. The van der Waals surface area contributed by atoms with Crippen LogP contribution in [0.5, 0.6) is 0 Å². The van der Waals surface area contributed by atoms with Crippen LogP contribution in [0.4, 0.5) is 24.9 Å². The van der Waals surface area contributed by atoms with Crippen LogP contribution in [0.2, 0.25) is 0 Å². The molecule has 0 saturated heterocycles. The molecule has 2 fully saturated rings. The van der Waals surface area contributed by atoms with Gasteiger partial charge in [-0.05, 0) is 38.5 Å². The summed E-state index contributed by atoms with van der Waals surface area (Å²) >= 11 is 0. The summed E-state index contributed by atoms with van der Waals surface area (Å²) in [4.78, 5) is 20.3. The van der Waals surface area contributed by atoms with Crippen LogP contribution < -0.4 is 16.4 Å². The van der Waals surface area contributed by atoms with Crippen LogP contribution in [0.1, 0.15) is 55.3 Å². The number of alkyl halides is 3. The topological polar surface area (TPSA) is 122 Å². The van der Waals surface area contributed by atoms with Gasteiger partial charge in [0.05, 0.1) is 11.7 Å². The maximum absolute atomic E-state index is 12.3. The van der Waals surface area contributed by atoms with Crippen molar-refractivity contribution in [3.63, 3.8) is 0 Å². The number of nitrogens with two attached hydrogens (primary N) is 1. The van der Waals surface area contributed by atoms with Crippen LogP contribution in [0.25, 0.3) is 0 Å². The monoisotopic (exact) mass is 431 g/mol. The maximum atomic E-state index is 12.3. The molecule has 30 heavy (non-hydrogen) atoms. The minimum Gasteiger partial charge on any atom is -0.396 e. The number of aliphatic hydroxyl groups excluding tert-OH is 1. The summed E-state index contributed by atoms with van der Waals surface area (Å²) in [6.45, 7) is -1.17. The van der Waals surface area contributed by atoms with E-state index in [0.717, 1.165) is 19.3 Å². The third kappa shape index (κ3) is 6.18. The lowest BCUT2D eigenvalue weighted by atomic mass is 9.93. The number of ether oxygens (including phenoxy) is 1. The Morgan fingerprint density at radius 2 is 1.93 bits per heavy atom. The fourth-order valence-corrected chi connectivity index (χ4v) is 4.13. The summed E-state index contributed by atoms with van der Waals surface area (Å²) in [5.74, 6) is 0.0854. The van der Waals surface area contributed by atoms with Gasteiger partial charge in [0.2, 0.25) is 5.95 Å². The van der Waals surface area contributed by atoms with E-state index in [1.54, 1.807) is 0 Å². The summed E-state index contributed by atoms with van der Waals surface area (Å²) in [5, 5.41) is 15.9. The van der Waals surface area contributed by atoms with E-state index in [1.807, 2.05) is 0 Å². The number of primary amides is 1. The van der Waals surface area contributed by atoms with Gasteiger partial charge in [0.1, 0.15) is 12.4 Å². The highest BCUT2D eigenvalue weighted by Gasteiger charge is 2.31. The molecule has 2 atom stereocenters.